The van der Waals surface area contributed by atoms with Crippen LogP contribution in [0.2, 0.25) is 5.15 Å². The molecule has 114 valence electrons. The molecule has 0 aliphatic carbocycles. The average molecular weight is 321 g/mol. The van der Waals surface area contributed by atoms with Gasteiger partial charge in [-0.15, -0.1) is 0 Å². The lowest BCUT2D eigenvalue weighted by Crippen LogP contribution is -2.21. The number of hydrogen-bond acceptors (Lipinski definition) is 5. The third-order valence-electron chi connectivity index (χ3n) is 2.64. The molecule has 1 heterocycles. The number of ether oxygens (including phenoxy) is 2. The Labute approximate surface area is 131 Å². The highest BCUT2D eigenvalue weighted by molar-refractivity contribution is 6.29. The Morgan fingerprint density at radius 2 is 1.95 bits per heavy atom. The molecular formula is C15H13ClN2O4. The molecule has 0 atom stereocenters. The topological polar surface area (TPSA) is 91.5 Å². The van der Waals surface area contributed by atoms with Gasteiger partial charge in [-0.1, -0.05) is 29.8 Å². The smallest absolute Gasteiger partial charge is 0.342 e. The molecule has 1 amide bonds. The summed E-state index contributed by atoms with van der Waals surface area (Å²) < 4.78 is 10.4. The molecule has 0 unspecified atom stereocenters. The summed E-state index contributed by atoms with van der Waals surface area (Å²) in [5.41, 5.74) is 5.93. The molecule has 0 aliphatic rings. The Bertz CT molecular complexity index is 673. The number of amides is 1. The Hall–Kier alpha value is -2.60. The van der Waals surface area contributed by atoms with Crippen LogP contribution in [-0.2, 0) is 16.1 Å². The summed E-state index contributed by atoms with van der Waals surface area (Å²) in [6.45, 7) is -0.265. The zero-order chi connectivity index (χ0) is 15.9. The fourth-order valence-corrected chi connectivity index (χ4v) is 1.74. The normalized spacial score (nSPS) is 10.0. The SMILES string of the molecule is NC(=O)COc1ccccc1C(=O)OCc1ccc(Cl)nc1. The highest BCUT2D eigenvalue weighted by Gasteiger charge is 2.14. The van der Waals surface area contributed by atoms with Gasteiger partial charge in [0, 0.05) is 11.8 Å². The fraction of sp³-hybridized carbons (Fsp3) is 0.133. The zero-order valence-corrected chi connectivity index (χ0v) is 12.2. The molecule has 2 aromatic rings. The van der Waals surface area contributed by atoms with Crippen molar-refractivity contribution in [3.05, 3.63) is 58.9 Å². The highest BCUT2D eigenvalue weighted by Crippen LogP contribution is 2.19. The predicted octanol–water partition coefficient (Wildman–Crippen LogP) is 1.96. The molecule has 2 rings (SSSR count). The molecule has 7 heteroatoms. The first-order valence-corrected chi connectivity index (χ1v) is 6.72. The lowest BCUT2D eigenvalue weighted by Gasteiger charge is -2.10. The molecule has 1 aromatic heterocycles. The van der Waals surface area contributed by atoms with Crippen LogP contribution in [0.5, 0.6) is 5.75 Å². The molecule has 22 heavy (non-hydrogen) atoms. The van der Waals surface area contributed by atoms with Crippen LogP contribution in [0.4, 0.5) is 0 Å². The third-order valence-corrected chi connectivity index (χ3v) is 2.86. The standard InChI is InChI=1S/C15H13ClN2O4/c16-13-6-5-10(7-18-13)8-22-15(20)11-3-1-2-4-12(11)21-9-14(17)19/h1-7H,8-9H2,(H2,17,19). The van der Waals surface area contributed by atoms with E-state index in [1.807, 2.05) is 0 Å². The van der Waals surface area contributed by atoms with Crippen LogP contribution < -0.4 is 10.5 Å². The number of nitrogens with two attached hydrogens (primary N) is 1. The first-order valence-electron chi connectivity index (χ1n) is 6.34. The number of carbonyl (C=O) groups is 2. The minimum atomic E-state index is -0.629. The van der Waals surface area contributed by atoms with Crippen molar-refractivity contribution < 1.29 is 19.1 Å². The van der Waals surface area contributed by atoms with Crippen molar-refractivity contribution in [2.75, 3.05) is 6.61 Å². The van der Waals surface area contributed by atoms with Crippen LogP contribution in [0.1, 0.15) is 15.9 Å². The summed E-state index contributed by atoms with van der Waals surface area (Å²) in [7, 11) is 0. The number of nitrogens with zero attached hydrogens (tertiary/aromatic N) is 1. The molecule has 1 aromatic carbocycles. The number of hydrogen-bond donors (Lipinski definition) is 1. The summed E-state index contributed by atoms with van der Waals surface area (Å²) in [5.74, 6) is -0.967. The maximum atomic E-state index is 12.1. The maximum Gasteiger partial charge on any atom is 0.342 e. The molecule has 0 fully saturated rings. The largest absolute Gasteiger partial charge is 0.483 e. The number of rotatable bonds is 6. The summed E-state index contributed by atoms with van der Waals surface area (Å²) in [6.07, 6.45) is 1.52. The predicted molar refractivity (Wildman–Crippen MR) is 79.5 cm³/mol. The van der Waals surface area contributed by atoms with E-state index in [0.717, 1.165) is 0 Å². The fourth-order valence-electron chi connectivity index (χ4n) is 1.63. The van der Waals surface area contributed by atoms with Crippen molar-refractivity contribution in [2.24, 2.45) is 5.73 Å². The van der Waals surface area contributed by atoms with Gasteiger partial charge in [-0.05, 0) is 18.2 Å². The van der Waals surface area contributed by atoms with Crippen molar-refractivity contribution >= 4 is 23.5 Å². The van der Waals surface area contributed by atoms with E-state index in [0.29, 0.717) is 10.7 Å². The number of primary amides is 1. The average Bonchev–Trinajstić information content (AvgIpc) is 2.52. The van der Waals surface area contributed by atoms with Crippen molar-refractivity contribution in [2.45, 2.75) is 6.61 Å². The second kappa shape index (κ2) is 7.42. The minimum absolute atomic E-state index is 0.0488. The van der Waals surface area contributed by atoms with E-state index in [2.05, 4.69) is 4.98 Å². The van der Waals surface area contributed by atoms with Crippen molar-refractivity contribution in [1.29, 1.82) is 0 Å². The molecular weight excluding hydrogens is 308 g/mol. The van der Waals surface area contributed by atoms with Gasteiger partial charge in [0.25, 0.3) is 5.91 Å². The van der Waals surface area contributed by atoms with E-state index in [9.17, 15) is 9.59 Å². The maximum absolute atomic E-state index is 12.1. The van der Waals surface area contributed by atoms with Crippen molar-refractivity contribution in [1.82, 2.24) is 4.98 Å². The van der Waals surface area contributed by atoms with Crippen molar-refractivity contribution in [3.8, 4) is 5.75 Å². The van der Waals surface area contributed by atoms with Gasteiger partial charge in [0.2, 0.25) is 0 Å². The van der Waals surface area contributed by atoms with Crippen LogP contribution in [-0.4, -0.2) is 23.5 Å². The molecule has 0 saturated carbocycles. The van der Waals surface area contributed by atoms with E-state index in [1.165, 1.54) is 6.20 Å². The quantitative estimate of drug-likeness (QED) is 0.649. The Kier molecular flexibility index (Phi) is 5.32. The lowest BCUT2D eigenvalue weighted by atomic mass is 10.2. The minimum Gasteiger partial charge on any atom is -0.483 e. The number of aromatic nitrogens is 1. The van der Waals surface area contributed by atoms with Gasteiger partial charge in [-0.2, -0.15) is 0 Å². The van der Waals surface area contributed by atoms with Crippen LogP contribution in [0.3, 0.4) is 0 Å². The molecule has 0 aliphatic heterocycles. The number of carbonyl (C=O) groups excluding carboxylic acids is 2. The monoisotopic (exact) mass is 320 g/mol. The van der Waals surface area contributed by atoms with Crippen LogP contribution in [0.25, 0.3) is 0 Å². The molecule has 0 bridgehead atoms. The molecule has 0 spiro atoms. The van der Waals surface area contributed by atoms with E-state index >= 15 is 0 Å². The Morgan fingerprint density at radius 3 is 2.64 bits per heavy atom. The van der Waals surface area contributed by atoms with Gasteiger partial charge in [-0.25, -0.2) is 9.78 Å². The van der Waals surface area contributed by atoms with E-state index in [4.69, 9.17) is 26.8 Å². The van der Waals surface area contributed by atoms with Gasteiger partial charge in [0.1, 0.15) is 23.1 Å². The molecule has 0 radical (unpaired) electrons. The van der Waals surface area contributed by atoms with Crippen LogP contribution in [0.15, 0.2) is 42.6 Å². The molecule has 2 N–H and O–H groups in total. The van der Waals surface area contributed by atoms with E-state index in [-0.39, 0.29) is 24.5 Å². The van der Waals surface area contributed by atoms with Crippen molar-refractivity contribution in [3.63, 3.8) is 0 Å². The molecule has 0 saturated heterocycles. The van der Waals surface area contributed by atoms with Gasteiger partial charge < -0.3 is 15.2 Å². The first kappa shape index (κ1) is 15.8. The summed E-state index contributed by atoms with van der Waals surface area (Å²) >= 11 is 5.68. The first-order chi connectivity index (χ1) is 10.6. The summed E-state index contributed by atoms with van der Waals surface area (Å²) in [5, 5.41) is 0.361. The van der Waals surface area contributed by atoms with Crippen LogP contribution >= 0.6 is 11.6 Å². The third kappa shape index (κ3) is 4.46. The van der Waals surface area contributed by atoms with Gasteiger partial charge in [0.05, 0.1) is 0 Å². The van der Waals surface area contributed by atoms with E-state index < -0.39 is 11.9 Å². The Balaban J connectivity index is 2.02. The lowest BCUT2D eigenvalue weighted by molar-refractivity contribution is -0.119. The Morgan fingerprint density at radius 1 is 1.18 bits per heavy atom. The van der Waals surface area contributed by atoms with Gasteiger partial charge >= 0.3 is 5.97 Å². The number of halogens is 1. The second-order valence-electron chi connectivity index (χ2n) is 4.32. The zero-order valence-electron chi connectivity index (χ0n) is 11.5. The van der Waals surface area contributed by atoms with Gasteiger partial charge in [0.15, 0.2) is 6.61 Å². The number of benzene rings is 1. The van der Waals surface area contributed by atoms with E-state index in [1.54, 1.807) is 36.4 Å². The summed E-state index contributed by atoms with van der Waals surface area (Å²) in [4.78, 5) is 26.7. The summed E-state index contributed by atoms with van der Waals surface area (Å²) in [6, 6.07) is 9.75. The highest BCUT2D eigenvalue weighted by atomic mass is 35.5. The second-order valence-corrected chi connectivity index (χ2v) is 4.70. The number of para-hydroxylation sites is 1. The number of pyridine rings is 1. The van der Waals surface area contributed by atoms with Gasteiger partial charge in [-0.3, -0.25) is 4.79 Å². The molecule has 6 nitrogen and oxygen atoms in total. The van der Waals surface area contributed by atoms with Crippen LogP contribution in [0, 0.1) is 0 Å². The number of esters is 1.